The van der Waals surface area contributed by atoms with Crippen LogP contribution in [-0.4, -0.2) is 36.5 Å². The Morgan fingerprint density at radius 3 is 2.73 bits per heavy atom. The van der Waals surface area contributed by atoms with Gasteiger partial charge in [0, 0.05) is 5.56 Å². The van der Waals surface area contributed by atoms with Crippen LogP contribution in [0.15, 0.2) is 52.6 Å². The summed E-state index contributed by atoms with van der Waals surface area (Å²) in [5, 5.41) is 11.6. The molecule has 0 saturated carbocycles. The SMILES string of the molecule is COC(=O)CN1C(=O)N/C(=C/c2ccc(OCc3ccccc3C#N)c(Br)c2)C1=O. The van der Waals surface area contributed by atoms with E-state index >= 15 is 0 Å². The van der Waals surface area contributed by atoms with Crippen LogP contribution in [0.25, 0.3) is 6.08 Å². The molecule has 0 bridgehead atoms. The number of halogens is 1. The Bertz CT molecular complexity index is 1090. The number of rotatable bonds is 6. The summed E-state index contributed by atoms with van der Waals surface area (Å²) in [5.74, 6) is -0.754. The number of amides is 3. The minimum absolute atomic E-state index is 0.0485. The van der Waals surface area contributed by atoms with E-state index in [0.717, 1.165) is 10.5 Å². The van der Waals surface area contributed by atoms with Crippen molar-refractivity contribution in [3.63, 3.8) is 0 Å². The number of ether oxygens (including phenoxy) is 2. The third kappa shape index (κ3) is 4.67. The van der Waals surface area contributed by atoms with Crippen molar-refractivity contribution >= 4 is 39.9 Å². The average molecular weight is 470 g/mol. The summed E-state index contributed by atoms with van der Waals surface area (Å²) in [6.45, 7) is -0.237. The van der Waals surface area contributed by atoms with Crippen molar-refractivity contribution in [3.8, 4) is 11.8 Å². The molecule has 0 aromatic heterocycles. The lowest BCUT2D eigenvalue weighted by Crippen LogP contribution is -2.36. The third-order valence-corrected chi connectivity index (χ3v) is 4.88. The van der Waals surface area contributed by atoms with E-state index in [1.807, 2.05) is 12.1 Å². The molecule has 0 radical (unpaired) electrons. The van der Waals surface area contributed by atoms with Gasteiger partial charge in [0.15, 0.2) is 0 Å². The van der Waals surface area contributed by atoms with Crippen molar-refractivity contribution < 1.29 is 23.9 Å². The Morgan fingerprint density at radius 1 is 1.27 bits per heavy atom. The van der Waals surface area contributed by atoms with Gasteiger partial charge in [-0.2, -0.15) is 5.26 Å². The van der Waals surface area contributed by atoms with Crippen molar-refractivity contribution in [2.75, 3.05) is 13.7 Å². The van der Waals surface area contributed by atoms with E-state index in [9.17, 15) is 14.4 Å². The first-order valence-corrected chi connectivity index (χ1v) is 9.54. The largest absolute Gasteiger partial charge is 0.488 e. The van der Waals surface area contributed by atoms with Gasteiger partial charge in [0.25, 0.3) is 5.91 Å². The Kier molecular flexibility index (Phi) is 6.49. The van der Waals surface area contributed by atoms with E-state index < -0.39 is 24.5 Å². The number of nitrogens with one attached hydrogen (secondary N) is 1. The summed E-state index contributed by atoms with van der Waals surface area (Å²) < 4.78 is 10.9. The molecule has 0 unspecified atom stereocenters. The molecule has 0 spiro atoms. The maximum Gasteiger partial charge on any atom is 0.329 e. The molecule has 0 aliphatic carbocycles. The summed E-state index contributed by atoms with van der Waals surface area (Å²) in [6, 6.07) is 13.7. The number of imide groups is 1. The van der Waals surface area contributed by atoms with Crippen molar-refractivity contribution in [2.45, 2.75) is 6.61 Å². The van der Waals surface area contributed by atoms with Crippen LogP contribution >= 0.6 is 15.9 Å². The van der Waals surface area contributed by atoms with Gasteiger partial charge >= 0.3 is 12.0 Å². The minimum Gasteiger partial charge on any atom is -0.488 e. The molecule has 0 atom stereocenters. The number of hydrogen-bond donors (Lipinski definition) is 1. The first kappa shape index (κ1) is 21.1. The van der Waals surface area contributed by atoms with Gasteiger partial charge in [0.2, 0.25) is 0 Å². The lowest BCUT2D eigenvalue weighted by atomic mass is 10.1. The van der Waals surface area contributed by atoms with Crippen LogP contribution in [0.2, 0.25) is 0 Å². The molecule has 8 nitrogen and oxygen atoms in total. The zero-order valence-electron chi connectivity index (χ0n) is 15.8. The molecular weight excluding hydrogens is 454 g/mol. The molecule has 1 aliphatic heterocycles. The fourth-order valence-corrected chi connectivity index (χ4v) is 3.22. The van der Waals surface area contributed by atoms with Crippen molar-refractivity contribution in [1.82, 2.24) is 10.2 Å². The second-order valence-electron chi connectivity index (χ2n) is 6.20. The molecule has 1 saturated heterocycles. The number of esters is 1. The maximum atomic E-state index is 12.3. The fourth-order valence-electron chi connectivity index (χ4n) is 2.71. The summed E-state index contributed by atoms with van der Waals surface area (Å²) in [7, 11) is 1.18. The first-order valence-electron chi connectivity index (χ1n) is 8.74. The van der Waals surface area contributed by atoms with E-state index in [2.05, 4.69) is 32.1 Å². The smallest absolute Gasteiger partial charge is 0.329 e. The zero-order chi connectivity index (χ0) is 21.7. The Labute approximate surface area is 180 Å². The number of nitrogens with zero attached hydrogens (tertiary/aromatic N) is 2. The summed E-state index contributed by atoms with van der Waals surface area (Å²) in [4.78, 5) is 36.4. The number of benzene rings is 2. The number of hydrogen-bond acceptors (Lipinski definition) is 6. The van der Waals surface area contributed by atoms with Gasteiger partial charge < -0.3 is 14.8 Å². The average Bonchev–Trinajstić information content (AvgIpc) is 3.00. The molecule has 152 valence electrons. The highest BCUT2D eigenvalue weighted by molar-refractivity contribution is 9.10. The highest BCUT2D eigenvalue weighted by Crippen LogP contribution is 2.28. The van der Waals surface area contributed by atoms with Crippen LogP contribution in [-0.2, 0) is 20.9 Å². The molecule has 1 heterocycles. The summed E-state index contributed by atoms with van der Waals surface area (Å²) >= 11 is 3.42. The summed E-state index contributed by atoms with van der Waals surface area (Å²) in [5.41, 5.74) is 1.99. The quantitative estimate of drug-likeness (QED) is 0.395. The summed E-state index contributed by atoms with van der Waals surface area (Å²) in [6.07, 6.45) is 1.50. The van der Waals surface area contributed by atoms with Crippen molar-refractivity contribution in [3.05, 3.63) is 69.3 Å². The van der Waals surface area contributed by atoms with E-state index in [0.29, 0.717) is 21.3 Å². The third-order valence-electron chi connectivity index (χ3n) is 4.27. The molecule has 3 amide bonds. The second-order valence-corrected chi connectivity index (χ2v) is 7.06. The van der Waals surface area contributed by atoms with Crippen LogP contribution in [0.1, 0.15) is 16.7 Å². The number of methoxy groups -OCH3 is 1. The predicted octanol–water partition coefficient (Wildman–Crippen LogP) is 2.97. The standard InChI is InChI=1S/C21H16BrN3O5/c1-29-19(26)11-25-20(27)17(24-21(25)28)9-13-6-7-18(16(22)8-13)30-12-15-5-3-2-4-14(15)10-23/h2-9H,11-12H2,1H3,(H,24,28)/b17-9+. The molecule has 1 aliphatic rings. The molecular formula is C21H16BrN3O5. The molecule has 3 rings (SSSR count). The van der Waals surface area contributed by atoms with Crippen LogP contribution in [0.4, 0.5) is 4.79 Å². The Hall–Kier alpha value is -3.64. The van der Waals surface area contributed by atoms with E-state index in [-0.39, 0.29) is 12.3 Å². The lowest BCUT2D eigenvalue weighted by molar-refractivity contribution is -0.143. The number of carbonyl (C=O) groups excluding carboxylic acids is 3. The van der Waals surface area contributed by atoms with E-state index in [1.165, 1.54) is 13.2 Å². The minimum atomic E-state index is -0.693. The van der Waals surface area contributed by atoms with Crippen LogP contribution in [0, 0.1) is 11.3 Å². The van der Waals surface area contributed by atoms with E-state index in [4.69, 9.17) is 10.00 Å². The Balaban J connectivity index is 1.72. The predicted molar refractivity (Wildman–Crippen MR) is 110 cm³/mol. The van der Waals surface area contributed by atoms with Gasteiger partial charge in [-0.25, -0.2) is 9.69 Å². The van der Waals surface area contributed by atoms with Gasteiger partial charge in [-0.15, -0.1) is 0 Å². The Morgan fingerprint density at radius 2 is 2.03 bits per heavy atom. The molecule has 1 N–H and O–H groups in total. The van der Waals surface area contributed by atoms with E-state index in [1.54, 1.807) is 30.3 Å². The van der Waals surface area contributed by atoms with Gasteiger partial charge in [-0.05, 0) is 45.8 Å². The number of urea groups is 1. The normalized spacial score (nSPS) is 14.4. The van der Waals surface area contributed by atoms with Crippen molar-refractivity contribution in [2.24, 2.45) is 0 Å². The molecule has 1 fully saturated rings. The van der Waals surface area contributed by atoms with Crippen LogP contribution < -0.4 is 10.1 Å². The highest BCUT2D eigenvalue weighted by atomic mass is 79.9. The molecule has 2 aromatic carbocycles. The molecule has 2 aromatic rings. The van der Waals surface area contributed by atoms with Gasteiger partial charge in [-0.3, -0.25) is 9.59 Å². The monoisotopic (exact) mass is 469 g/mol. The fraction of sp³-hybridized carbons (Fsp3) is 0.143. The highest BCUT2D eigenvalue weighted by Gasteiger charge is 2.35. The van der Waals surface area contributed by atoms with Crippen LogP contribution in [0.3, 0.4) is 0 Å². The van der Waals surface area contributed by atoms with Crippen molar-refractivity contribution in [1.29, 1.82) is 5.26 Å². The zero-order valence-corrected chi connectivity index (χ0v) is 17.4. The molecule has 30 heavy (non-hydrogen) atoms. The second kappa shape index (κ2) is 9.24. The van der Waals surface area contributed by atoms with Gasteiger partial charge in [-0.1, -0.05) is 24.3 Å². The first-order chi connectivity index (χ1) is 14.4. The number of nitriles is 1. The van der Waals surface area contributed by atoms with Gasteiger partial charge in [0.05, 0.1) is 23.2 Å². The molecule has 9 heteroatoms. The topological polar surface area (TPSA) is 109 Å². The lowest BCUT2D eigenvalue weighted by Gasteiger charge is -2.10. The van der Waals surface area contributed by atoms with Gasteiger partial charge in [0.1, 0.15) is 24.6 Å². The van der Waals surface area contributed by atoms with Crippen LogP contribution in [0.5, 0.6) is 5.75 Å². The maximum absolute atomic E-state index is 12.3. The number of carbonyl (C=O) groups is 3.